The maximum Gasteiger partial charge on any atom is 0.308 e. The molecular formula is C13H25NO2. The lowest BCUT2D eigenvalue weighted by Gasteiger charge is -2.35. The van der Waals surface area contributed by atoms with Gasteiger partial charge in [0, 0.05) is 6.04 Å². The molecule has 0 aromatic carbocycles. The van der Waals surface area contributed by atoms with Crippen molar-refractivity contribution in [2.45, 2.75) is 52.5 Å². The molecule has 0 atom stereocenters. The van der Waals surface area contributed by atoms with E-state index in [1.54, 1.807) is 0 Å². The first-order valence-electron chi connectivity index (χ1n) is 6.63. The van der Waals surface area contributed by atoms with Crippen molar-refractivity contribution in [1.29, 1.82) is 0 Å². The average Bonchev–Trinajstić information content (AvgIpc) is 2.32. The van der Waals surface area contributed by atoms with Crippen LogP contribution < -0.4 is 0 Å². The first kappa shape index (κ1) is 13.5. The molecule has 1 aliphatic rings. The van der Waals surface area contributed by atoms with E-state index in [9.17, 15) is 4.79 Å². The van der Waals surface area contributed by atoms with Crippen molar-refractivity contribution in [3.8, 4) is 0 Å². The molecule has 0 aromatic heterocycles. The van der Waals surface area contributed by atoms with Crippen molar-refractivity contribution in [3.05, 3.63) is 0 Å². The van der Waals surface area contributed by atoms with Gasteiger partial charge in [-0.05, 0) is 45.7 Å². The Labute approximate surface area is 99.1 Å². The van der Waals surface area contributed by atoms with Crippen LogP contribution in [0.3, 0.4) is 0 Å². The van der Waals surface area contributed by atoms with Crippen molar-refractivity contribution < 1.29 is 9.53 Å². The molecule has 1 fully saturated rings. The largest absolute Gasteiger partial charge is 0.466 e. The van der Waals surface area contributed by atoms with Gasteiger partial charge in [0.15, 0.2) is 0 Å². The van der Waals surface area contributed by atoms with Crippen LogP contribution in [0.1, 0.15) is 46.5 Å². The van der Waals surface area contributed by atoms with Crippen molar-refractivity contribution >= 4 is 5.97 Å². The molecule has 0 unspecified atom stereocenters. The maximum atomic E-state index is 11.6. The lowest BCUT2D eigenvalue weighted by Crippen LogP contribution is -2.39. The predicted molar refractivity (Wildman–Crippen MR) is 65.3 cm³/mol. The molecule has 0 heterocycles. The number of ether oxygens (including phenoxy) is 1. The predicted octanol–water partition coefficient (Wildman–Crippen LogP) is 2.45. The van der Waals surface area contributed by atoms with Crippen LogP contribution in [0.5, 0.6) is 0 Å². The van der Waals surface area contributed by atoms with Crippen LogP contribution >= 0.6 is 0 Å². The van der Waals surface area contributed by atoms with Gasteiger partial charge in [0.25, 0.3) is 0 Å². The van der Waals surface area contributed by atoms with Crippen LogP contribution in [-0.2, 0) is 9.53 Å². The minimum absolute atomic E-state index is 0.0143. The monoisotopic (exact) mass is 227 g/mol. The molecule has 16 heavy (non-hydrogen) atoms. The molecule has 3 nitrogen and oxygen atoms in total. The lowest BCUT2D eigenvalue weighted by molar-refractivity contribution is -0.149. The fourth-order valence-electron chi connectivity index (χ4n) is 2.68. The third-order valence-electron chi connectivity index (χ3n) is 3.65. The summed E-state index contributed by atoms with van der Waals surface area (Å²) in [6.45, 7) is 9.03. The van der Waals surface area contributed by atoms with Gasteiger partial charge in [-0.3, -0.25) is 4.79 Å². The number of esters is 1. The Morgan fingerprint density at radius 1 is 1.12 bits per heavy atom. The summed E-state index contributed by atoms with van der Waals surface area (Å²) in [5.41, 5.74) is 0. The smallest absolute Gasteiger partial charge is 0.308 e. The minimum atomic E-state index is 0.0143. The number of carbonyl (C=O) groups excluding carboxylic acids is 1. The second-order valence-corrected chi connectivity index (χ2v) is 4.48. The minimum Gasteiger partial charge on any atom is -0.466 e. The fourth-order valence-corrected chi connectivity index (χ4v) is 2.68. The molecule has 0 amide bonds. The van der Waals surface area contributed by atoms with Crippen molar-refractivity contribution in [2.75, 3.05) is 19.7 Å². The van der Waals surface area contributed by atoms with Crippen molar-refractivity contribution in [1.82, 2.24) is 4.90 Å². The van der Waals surface area contributed by atoms with Gasteiger partial charge in [-0.15, -0.1) is 0 Å². The normalized spacial score (nSPS) is 25.8. The van der Waals surface area contributed by atoms with Gasteiger partial charge in [0.05, 0.1) is 12.5 Å². The van der Waals surface area contributed by atoms with Crippen LogP contribution in [0, 0.1) is 5.92 Å². The number of rotatable bonds is 5. The van der Waals surface area contributed by atoms with Crippen LogP contribution in [0.4, 0.5) is 0 Å². The fraction of sp³-hybridized carbons (Fsp3) is 0.923. The highest BCUT2D eigenvalue weighted by Crippen LogP contribution is 2.28. The second-order valence-electron chi connectivity index (χ2n) is 4.48. The summed E-state index contributed by atoms with van der Waals surface area (Å²) < 4.78 is 5.08. The highest BCUT2D eigenvalue weighted by Gasteiger charge is 2.29. The van der Waals surface area contributed by atoms with E-state index < -0.39 is 0 Å². The van der Waals surface area contributed by atoms with E-state index in [1.807, 2.05) is 6.92 Å². The number of carbonyl (C=O) groups is 1. The zero-order valence-corrected chi connectivity index (χ0v) is 10.9. The Kier molecular flexibility index (Phi) is 5.81. The van der Waals surface area contributed by atoms with Crippen LogP contribution in [0.25, 0.3) is 0 Å². The Morgan fingerprint density at radius 2 is 1.69 bits per heavy atom. The third-order valence-corrected chi connectivity index (χ3v) is 3.65. The van der Waals surface area contributed by atoms with Crippen LogP contribution in [-0.4, -0.2) is 36.6 Å². The number of hydrogen-bond donors (Lipinski definition) is 0. The summed E-state index contributed by atoms with van der Waals surface area (Å²) >= 11 is 0. The summed E-state index contributed by atoms with van der Waals surface area (Å²) in [7, 11) is 0. The van der Waals surface area contributed by atoms with E-state index in [0.717, 1.165) is 38.8 Å². The Morgan fingerprint density at radius 3 is 2.12 bits per heavy atom. The van der Waals surface area contributed by atoms with Crippen LogP contribution in [0.2, 0.25) is 0 Å². The summed E-state index contributed by atoms with van der Waals surface area (Å²) in [6.07, 6.45) is 4.29. The Balaban J connectivity index is 2.35. The molecular weight excluding hydrogens is 202 g/mol. The van der Waals surface area contributed by atoms with Crippen molar-refractivity contribution in [3.63, 3.8) is 0 Å². The Bertz CT molecular complexity index is 206. The molecule has 94 valence electrons. The van der Waals surface area contributed by atoms with E-state index >= 15 is 0 Å². The SMILES string of the molecule is CCOC(=O)C1CCC(N(CC)CC)CC1. The molecule has 0 bridgehead atoms. The van der Waals surface area contributed by atoms with Crippen molar-refractivity contribution in [2.24, 2.45) is 5.92 Å². The van der Waals surface area contributed by atoms with E-state index in [4.69, 9.17) is 4.74 Å². The average molecular weight is 227 g/mol. The molecule has 1 aliphatic carbocycles. The molecule has 3 heteroatoms. The first-order chi connectivity index (χ1) is 7.72. The highest BCUT2D eigenvalue weighted by molar-refractivity contribution is 5.72. The van der Waals surface area contributed by atoms with Gasteiger partial charge in [-0.1, -0.05) is 13.8 Å². The standard InChI is InChI=1S/C13H25NO2/c1-4-14(5-2)12-9-7-11(8-10-12)13(15)16-6-3/h11-12H,4-10H2,1-3H3. The van der Waals surface area contributed by atoms with E-state index in [2.05, 4.69) is 18.7 Å². The number of hydrogen-bond acceptors (Lipinski definition) is 3. The molecule has 1 rings (SSSR count). The van der Waals surface area contributed by atoms with Gasteiger partial charge in [0.1, 0.15) is 0 Å². The highest BCUT2D eigenvalue weighted by atomic mass is 16.5. The zero-order valence-electron chi connectivity index (χ0n) is 10.9. The quantitative estimate of drug-likeness (QED) is 0.676. The molecule has 0 saturated heterocycles. The van der Waals surface area contributed by atoms with Gasteiger partial charge >= 0.3 is 5.97 Å². The van der Waals surface area contributed by atoms with E-state index in [-0.39, 0.29) is 11.9 Å². The third kappa shape index (κ3) is 3.48. The molecule has 0 aromatic rings. The van der Waals surface area contributed by atoms with Crippen LogP contribution in [0.15, 0.2) is 0 Å². The number of nitrogens with zero attached hydrogens (tertiary/aromatic N) is 1. The molecule has 1 saturated carbocycles. The summed E-state index contributed by atoms with van der Waals surface area (Å²) in [5.74, 6) is 0.173. The first-order valence-corrected chi connectivity index (χ1v) is 6.63. The van der Waals surface area contributed by atoms with Gasteiger partial charge < -0.3 is 9.64 Å². The molecule has 0 N–H and O–H groups in total. The van der Waals surface area contributed by atoms with E-state index in [0.29, 0.717) is 12.6 Å². The summed E-state index contributed by atoms with van der Waals surface area (Å²) in [5, 5.41) is 0. The molecule has 0 radical (unpaired) electrons. The van der Waals surface area contributed by atoms with E-state index in [1.165, 1.54) is 0 Å². The zero-order chi connectivity index (χ0) is 12.0. The maximum absolute atomic E-state index is 11.6. The Hall–Kier alpha value is -0.570. The summed E-state index contributed by atoms with van der Waals surface area (Å²) in [6, 6.07) is 0.681. The van der Waals surface area contributed by atoms with Gasteiger partial charge in [-0.25, -0.2) is 0 Å². The molecule has 0 spiro atoms. The summed E-state index contributed by atoms with van der Waals surface area (Å²) in [4.78, 5) is 14.1. The topological polar surface area (TPSA) is 29.5 Å². The van der Waals surface area contributed by atoms with Gasteiger partial charge in [-0.2, -0.15) is 0 Å². The lowest BCUT2D eigenvalue weighted by atomic mass is 9.85. The van der Waals surface area contributed by atoms with Gasteiger partial charge in [0.2, 0.25) is 0 Å². The molecule has 0 aliphatic heterocycles. The second kappa shape index (κ2) is 6.89.